The Hall–Kier alpha value is -3.21. The number of rotatable bonds is 9. The average Bonchev–Trinajstić information content (AvgIpc) is 2.79. The number of amides is 2. The Morgan fingerprint density at radius 2 is 1.89 bits per heavy atom. The standard InChI is InChI=1S/C24H24ClF4N3O4/c1-3-36-22(35)16-9-23(2,10-16)32(12-15-4-6-17(7-5-15)24(27,28)29)20(34)13-31(14-33)21-19(26)8-18(25)11-30-21/h4-8,11,14,16H,3,9-10,12-13H2,1-2H3. The first-order valence-corrected chi connectivity index (χ1v) is 11.4. The van der Waals surface area contributed by atoms with Crippen LogP contribution in [0.3, 0.4) is 0 Å². The van der Waals surface area contributed by atoms with Crippen LogP contribution in [0.2, 0.25) is 5.02 Å². The molecule has 0 radical (unpaired) electrons. The summed E-state index contributed by atoms with van der Waals surface area (Å²) in [4.78, 5) is 43.1. The molecule has 7 nitrogen and oxygen atoms in total. The number of esters is 1. The quantitative estimate of drug-likeness (QED) is 0.269. The molecule has 12 heteroatoms. The van der Waals surface area contributed by atoms with E-state index in [2.05, 4.69) is 4.98 Å². The zero-order chi connectivity index (χ0) is 26.7. The molecule has 194 valence electrons. The topological polar surface area (TPSA) is 79.8 Å². The molecule has 0 aliphatic heterocycles. The predicted octanol–water partition coefficient (Wildman–Crippen LogP) is 4.62. The summed E-state index contributed by atoms with van der Waals surface area (Å²) < 4.78 is 58.2. The number of hydrogen-bond acceptors (Lipinski definition) is 5. The molecule has 1 aliphatic carbocycles. The van der Waals surface area contributed by atoms with Gasteiger partial charge in [-0.2, -0.15) is 13.2 Å². The zero-order valence-electron chi connectivity index (χ0n) is 19.5. The van der Waals surface area contributed by atoms with E-state index >= 15 is 0 Å². The van der Waals surface area contributed by atoms with E-state index in [0.29, 0.717) is 5.56 Å². The van der Waals surface area contributed by atoms with Crippen molar-refractivity contribution < 1.29 is 36.7 Å². The van der Waals surface area contributed by atoms with Crippen molar-refractivity contribution in [2.24, 2.45) is 5.92 Å². The minimum absolute atomic E-state index is 0.00402. The molecule has 36 heavy (non-hydrogen) atoms. The van der Waals surface area contributed by atoms with Crippen molar-refractivity contribution >= 4 is 35.7 Å². The second kappa shape index (κ2) is 10.8. The number of ether oxygens (including phenoxy) is 1. The summed E-state index contributed by atoms with van der Waals surface area (Å²) >= 11 is 5.71. The summed E-state index contributed by atoms with van der Waals surface area (Å²) in [7, 11) is 0. The van der Waals surface area contributed by atoms with Gasteiger partial charge in [-0.05, 0) is 50.5 Å². The van der Waals surface area contributed by atoms with Crippen LogP contribution in [0.1, 0.15) is 37.8 Å². The van der Waals surface area contributed by atoms with Crippen LogP contribution in [0.5, 0.6) is 0 Å². The van der Waals surface area contributed by atoms with Crippen molar-refractivity contribution in [2.45, 2.75) is 44.9 Å². The molecule has 0 saturated heterocycles. The monoisotopic (exact) mass is 529 g/mol. The van der Waals surface area contributed by atoms with Gasteiger partial charge in [0.25, 0.3) is 0 Å². The molecule has 1 aliphatic rings. The first-order valence-electron chi connectivity index (χ1n) is 11.0. The van der Waals surface area contributed by atoms with Gasteiger partial charge in [-0.25, -0.2) is 9.37 Å². The molecule has 1 aromatic heterocycles. The summed E-state index contributed by atoms with van der Waals surface area (Å²) in [5.74, 6) is -2.77. The lowest BCUT2D eigenvalue weighted by Gasteiger charge is -2.51. The van der Waals surface area contributed by atoms with Gasteiger partial charge in [-0.3, -0.25) is 19.3 Å². The van der Waals surface area contributed by atoms with Gasteiger partial charge in [-0.15, -0.1) is 0 Å². The van der Waals surface area contributed by atoms with Gasteiger partial charge in [0.15, 0.2) is 11.6 Å². The predicted molar refractivity (Wildman–Crippen MR) is 122 cm³/mol. The highest BCUT2D eigenvalue weighted by Gasteiger charge is 2.50. The summed E-state index contributed by atoms with van der Waals surface area (Å²) in [5, 5.41) is 0.00402. The SMILES string of the molecule is CCOC(=O)C1CC(C)(N(Cc2ccc(C(F)(F)F)cc2)C(=O)CN(C=O)c2ncc(Cl)cc2F)C1. The van der Waals surface area contributed by atoms with Crippen molar-refractivity contribution in [2.75, 3.05) is 18.1 Å². The lowest BCUT2D eigenvalue weighted by Crippen LogP contribution is -2.60. The summed E-state index contributed by atoms with van der Waals surface area (Å²) in [5.41, 5.74) is -1.28. The number of pyridine rings is 1. The molecular formula is C24H24ClF4N3O4. The van der Waals surface area contributed by atoms with Crippen molar-refractivity contribution in [1.82, 2.24) is 9.88 Å². The Morgan fingerprint density at radius 1 is 1.25 bits per heavy atom. The Bertz CT molecular complexity index is 1120. The van der Waals surface area contributed by atoms with Crippen molar-refractivity contribution in [3.8, 4) is 0 Å². The number of aromatic nitrogens is 1. The van der Waals surface area contributed by atoms with E-state index in [1.165, 1.54) is 17.0 Å². The lowest BCUT2D eigenvalue weighted by atomic mass is 9.68. The van der Waals surface area contributed by atoms with Crippen molar-refractivity contribution in [3.05, 3.63) is 58.5 Å². The van der Waals surface area contributed by atoms with Crippen LogP contribution >= 0.6 is 11.6 Å². The van der Waals surface area contributed by atoms with Gasteiger partial charge in [0.2, 0.25) is 12.3 Å². The maximum atomic E-state index is 14.3. The average molecular weight is 530 g/mol. The molecular weight excluding hydrogens is 506 g/mol. The van der Waals surface area contributed by atoms with Gasteiger partial charge < -0.3 is 9.64 Å². The molecule has 0 atom stereocenters. The summed E-state index contributed by atoms with van der Waals surface area (Å²) in [6.45, 7) is 2.93. The lowest BCUT2D eigenvalue weighted by molar-refractivity contribution is -0.162. The van der Waals surface area contributed by atoms with E-state index in [-0.39, 0.29) is 37.4 Å². The van der Waals surface area contributed by atoms with Gasteiger partial charge >= 0.3 is 12.1 Å². The van der Waals surface area contributed by atoms with E-state index in [1.54, 1.807) is 13.8 Å². The molecule has 0 N–H and O–H groups in total. The Morgan fingerprint density at radius 3 is 2.42 bits per heavy atom. The van der Waals surface area contributed by atoms with Crippen LogP contribution in [0.25, 0.3) is 0 Å². The van der Waals surface area contributed by atoms with E-state index in [4.69, 9.17) is 16.3 Å². The van der Waals surface area contributed by atoms with Crippen LogP contribution in [0, 0.1) is 11.7 Å². The van der Waals surface area contributed by atoms with E-state index < -0.39 is 53.3 Å². The molecule has 0 spiro atoms. The molecule has 3 rings (SSSR count). The number of anilines is 1. The number of nitrogens with zero attached hydrogens (tertiary/aromatic N) is 3. The third kappa shape index (κ3) is 6.13. The highest BCUT2D eigenvalue weighted by atomic mass is 35.5. The van der Waals surface area contributed by atoms with Gasteiger partial charge in [-0.1, -0.05) is 23.7 Å². The van der Waals surface area contributed by atoms with E-state index in [1.807, 2.05) is 0 Å². The minimum Gasteiger partial charge on any atom is -0.466 e. The fraction of sp³-hybridized carbons (Fsp3) is 0.417. The van der Waals surface area contributed by atoms with Crippen LogP contribution in [0.15, 0.2) is 36.5 Å². The van der Waals surface area contributed by atoms with E-state index in [0.717, 1.165) is 29.3 Å². The summed E-state index contributed by atoms with van der Waals surface area (Å²) in [6.07, 6.45) is -2.63. The zero-order valence-corrected chi connectivity index (χ0v) is 20.3. The fourth-order valence-corrected chi connectivity index (χ4v) is 4.37. The molecule has 1 heterocycles. The highest BCUT2D eigenvalue weighted by Crippen LogP contribution is 2.44. The van der Waals surface area contributed by atoms with Gasteiger partial charge in [0.1, 0.15) is 6.54 Å². The summed E-state index contributed by atoms with van der Waals surface area (Å²) in [6, 6.07) is 5.28. The molecule has 1 aromatic carbocycles. The number of halogens is 5. The second-order valence-electron chi connectivity index (χ2n) is 8.72. The number of carbonyl (C=O) groups is 3. The molecule has 0 bridgehead atoms. The minimum atomic E-state index is -4.51. The third-order valence-corrected chi connectivity index (χ3v) is 6.27. The van der Waals surface area contributed by atoms with Crippen molar-refractivity contribution in [1.29, 1.82) is 0 Å². The van der Waals surface area contributed by atoms with Crippen LogP contribution < -0.4 is 4.90 Å². The van der Waals surface area contributed by atoms with Gasteiger partial charge in [0, 0.05) is 18.3 Å². The molecule has 1 saturated carbocycles. The number of alkyl halides is 3. The maximum Gasteiger partial charge on any atom is 0.416 e. The number of benzene rings is 1. The largest absolute Gasteiger partial charge is 0.466 e. The molecule has 0 unspecified atom stereocenters. The first kappa shape index (κ1) is 27.4. The second-order valence-corrected chi connectivity index (χ2v) is 9.16. The van der Waals surface area contributed by atoms with Crippen molar-refractivity contribution in [3.63, 3.8) is 0 Å². The number of hydrogen-bond donors (Lipinski definition) is 0. The molecule has 2 amide bonds. The fourth-order valence-electron chi connectivity index (χ4n) is 4.22. The third-order valence-electron chi connectivity index (χ3n) is 6.06. The smallest absolute Gasteiger partial charge is 0.416 e. The first-order chi connectivity index (χ1) is 16.9. The molecule has 1 fully saturated rings. The number of carbonyl (C=O) groups excluding carboxylic acids is 3. The Labute approximate surface area is 210 Å². The Kier molecular flexibility index (Phi) is 8.22. The maximum absolute atomic E-state index is 14.3. The molecule has 2 aromatic rings. The van der Waals surface area contributed by atoms with Crippen LogP contribution in [-0.2, 0) is 31.8 Å². The Balaban J connectivity index is 1.85. The normalized spacial score (nSPS) is 19.2. The van der Waals surface area contributed by atoms with Crippen LogP contribution in [-0.4, -0.2) is 46.9 Å². The van der Waals surface area contributed by atoms with Crippen LogP contribution in [0.4, 0.5) is 23.4 Å². The highest BCUT2D eigenvalue weighted by molar-refractivity contribution is 6.30. The van der Waals surface area contributed by atoms with Gasteiger partial charge in [0.05, 0.1) is 23.1 Å². The van der Waals surface area contributed by atoms with E-state index in [9.17, 15) is 31.9 Å².